The number of hydrogen-bond donors (Lipinski definition) is 1. The molecule has 3 heteroatoms. The molecule has 0 saturated carbocycles. The van der Waals surface area contributed by atoms with E-state index in [4.69, 9.17) is 4.74 Å². The molecular formula is C11H13NO2. The second kappa shape index (κ2) is 3.33. The summed E-state index contributed by atoms with van der Waals surface area (Å²) in [5.41, 5.74) is 2.81. The minimum absolute atomic E-state index is 0.252. The van der Waals surface area contributed by atoms with Gasteiger partial charge in [0.15, 0.2) is 0 Å². The molecule has 74 valence electrons. The number of ether oxygens (including phenoxy) is 1. The Kier molecular flexibility index (Phi) is 2.15. The average molecular weight is 191 g/mol. The molecule has 0 radical (unpaired) electrons. The van der Waals surface area contributed by atoms with E-state index in [1.807, 2.05) is 18.2 Å². The van der Waals surface area contributed by atoms with E-state index in [0.717, 1.165) is 17.7 Å². The molecule has 0 fully saturated rings. The number of methoxy groups -OCH3 is 1. The van der Waals surface area contributed by atoms with Crippen molar-refractivity contribution < 1.29 is 9.53 Å². The number of carbonyl (C=O) groups excluding carboxylic acids is 1. The van der Waals surface area contributed by atoms with Gasteiger partial charge in [0.25, 0.3) is 0 Å². The fraction of sp³-hybridized carbons (Fsp3) is 0.364. The molecule has 1 aliphatic heterocycles. The van der Waals surface area contributed by atoms with Crippen LogP contribution in [0.25, 0.3) is 0 Å². The summed E-state index contributed by atoms with van der Waals surface area (Å²) in [6.07, 6.45) is 0.889. The van der Waals surface area contributed by atoms with Gasteiger partial charge in [-0.1, -0.05) is 6.07 Å². The minimum atomic E-state index is -0.252. The number of hydrogen-bond acceptors (Lipinski definition) is 3. The summed E-state index contributed by atoms with van der Waals surface area (Å²) in [5.74, 6) is -0.252. The monoisotopic (exact) mass is 191 g/mol. The lowest BCUT2D eigenvalue weighted by Gasteiger charge is -2.04. The Balaban J connectivity index is 2.44. The molecule has 1 aliphatic rings. The Morgan fingerprint density at radius 2 is 2.36 bits per heavy atom. The van der Waals surface area contributed by atoms with Crippen molar-refractivity contribution in [1.29, 1.82) is 0 Å². The van der Waals surface area contributed by atoms with Crippen molar-refractivity contribution in [3.8, 4) is 0 Å². The first-order chi connectivity index (χ1) is 6.72. The molecule has 0 amide bonds. The highest BCUT2D eigenvalue weighted by molar-refractivity contribution is 5.93. The maximum atomic E-state index is 11.4. The van der Waals surface area contributed by atoms with Gasteiger partial charge in [-0.3, -0.25) is 0 Å². The largest absolute Gasteiger partial charge is 0.465 e. The number of nitrogens with one attached hydrogen (secondary N) is 1. The maximum Gasteiger partial charge on any atom is 0.338 e. The molecule has 0 bridgehead atoms. The predicted molar refractivity (Wildman–Crippen MR) is 54.6 cm³/mol. The summed E-state index contributed by atoms with van der Waals surface area (Å²) in [7, 11) is 1.41. The number of rotatable bonds is 1. The lowest BCUT2D eigenvalue weighted by molar-refractivity contribution is 0.0599. The summed E-state index contributed by atoms with van der Waals surface area (Å²) in [5, 5.41) is 3.31. The van der Waals surface area contributed by atoms with Gasteiger partial charge in [-0.15, -0.1) is 0 Å². The lowest BCUT2D eigenvalue weighted by atomic mass is 10.0. The van der Waals surface area contributed by atoms with Crippen LogP contribution in [0.5, 0.6) is 0 Å². The Morgan fingerprint density at radius 1 is 1.57 bits per heavy atom. The van der Waals surface area contributed by atoms with E-state index < -0.39 is 0 Å². The SMILES string of the molecule is COC(=O)c1cccc2c1C[C@H](C)N2. The smallest absolute Gasteiger partial charge is 0.338 e. The van der Waals surface area contributed by atoms with Crippen LogP contribution in [-0.2, 0) is 11.2 Å². The average Bonchev–Trinajstić information content (AvgIpc) is 2.56. The molecule has 0 aromatic heterocycles. The molecule has 2 rings (SSSR count). The second-order valence-electron chi connectivity index (χ2n) is 3.57. The third kappa shape index (κ3) is 1.35. The van der Waals surface area contributed by atoms with Gasteiger partial charge >= 0.3 is 5.97 Å². The minimum Gasteiger partial charge on any atom is -0.465 e. The van der Waals surface area contributed by atoms with Crippen LogP contribution in [0.15, 0.2) is 18.2 Å². The first kappa shape index (κ1) is 9.06. The van der Waals surface area contributed by atoms with Crippen molar-refractivity contribution in [2.75, 3.05) is 12.4 Å². The van der Waals surface area contributed by atoms with Gasteiger partial charge in [0.2, 0.25) is 0 Å². The van der Waals surface area contributed by atoms with Crippen LogP contribution in [0.4, 0.5) is 5.69 Å². The molecule has 0 saturated heterocycles. The van der Waals surface area contributed by atoms with E-state index in [-0.39, 0.29) is 5.97 Å². The zero-order valence-electron chi connectivity index (χ0n) is 8.33. The van der Waals surface area contributed by atoms with Crippen LogP contribution in [0.1, 0.15) is 22.8 Å². The normalized spacial score (nSPS) is 18.6. The Morgan fingerprint density at radius 3 is 3.07 bits per heavy atom. The molecule has 3 nitrogen and oxygen atoms in total. The molecule has 0 spiro atoms. The van der Waals surface area contributed by atoms with E-state index >= 15 is 0 Å². The van der Waals surface area contributed by atoms with Crippen molar-refractivity contribution in [1.82, 2.24) is 0 Å². The van der Waals surface area contributed by atoms with Gasteiger partial charge < -0.3 is 10.1 Å². The zero-order chi connectivity index (χ0) is 10.1. The van der Waals surface area contributed by atoms with Crippen LogP contribution in [0.3, 0.4) is 0 Å². The number of carbonyl (C=O) groups is 1. The van der Waals surface area contributed by atoms with E-state index in [1.54, 1.807) is 0 Å². The highest BCUT2D eigenvalue weighted by Crippen LogP contribution is 2.28. The van der Waals surface area contributed by atoms with Gasteiger partial charge in [-0.2, -0.15) is 0 Å². The molecule has 0 aliphatic carbocycles. The molecular weight excluding hydrogens is 178 g/mol. The van der Waals surface area contributed by atoms with Crippen molar-refractivity contribution in [3.05, 3.63) is 29.3 Å². The first-order valence-electron chi connectivity index (χ1n) is 4.69. The van der Waals surface area contributed by atoms with Crippen LogP contribution in [0.2, 0.25) is 0 Å². The molecule has 0 unspecified atom stereocenters. The number of esters is 1. The van der Waals surface area contributed by atoms with Crippen LogP contribution in [-0.4, -0.2) is 19.1 Å². The van der Waals surface area contributed by atoms with Crippen molar-refractivity contribution >= 4 is 11.7 Å². The third-order valence-corrected chi connectivity index (χ3v) is 2.49. The van der Waals surface area contributed by atoms with Crippen molar-refractivity contribution in [2.24, 2.45) is 0 Å². The Labute approximate surface area is 83.1 Å². The highest BCUT2D eigenvalue weighted by Gasteiger charge is 2.22. The third-order valence-electron chi connectivity index (χ3n) is 2.49. The molecule has 1 heterocycles. The van der Waals surface area contributed by atoms with E-state index in [0.29, 0.717) is 11.6 Å². The van der Waals surface area contributed by atoms with E-state index in [2.05, 4.69) is 12.2 Å². The topological polar surface area (TPSA) is 38.3 Å². The highest BCUT2D eigenvalue weighted by atomic mass is 16.5. The molecule has 1 atom stereocenters. The van der Waals surface area contributed by atoms with Crippen molar-refractivity contribution in [3.63, 3.8) is 0 Å². The maximum absolute atomic E-state index is 11.4. The van der Waals surface area contributed by atoms with Crippen LogP contribution in [0, 0.1) is 0 Å². The van der Waals surface area contributed by atoms with Gasteiger partial charge in [0.05, 0.1) is 12.7 Å². The van der Waals surface area contributed by atoms with E-state index in [9.17, 15) is 4.79 Å². The Bertz CT molecular complexity index is 374. The summed E-state index contributed by atoms with van der Waals surface area (Å²) in [6.45, 7) is 2.10. The fourth-order valence-corrected chi connectivity index (χ4v) is 1.87. The predicted octanol–water partition coefficient (Wildman–Crippen LogP) is 1.83. The zero-order valence-corrected chi connectivity index (χ0v) is 8.33. The summed E-state index contributed by atoms with van der Waals surface area (Å²) in [6, 6.07) is 6.07. The Hall–Kier alpha value is -1.51. The number of fused-ring (bicyclic) bond motifs is 1. The van der Waals surface area contributed by atoms with Gasteiger partial charge in [0, 0.05) is 11.7 Å². The number of benzene rings is 1. The summed E-state index contributed by atoms with van der Waals surface area (Å²) in [4.78, 5) is 11.4. The standard InChI is InChI=1S/C11H13NO2/c1-7-6-9-8(11(13)14-2)4-3-5-10(9)12-7/h3-5,7,12H,6H2,1-2H3/t7-/m0/s1. The van der Waals surface area contributed by atoms with Crippen LogP contribution >= 0.6 is 0 Å². The molecule has 14 heavy (non-hydrogen) atoms. The lowest BCUT2D eigenvalue weighted by Crippen LogP contribution is -2.09. The summed E-state index contributed by atoms with van der Waals surface area (Å²) >= 11 is 0. The quantitative estimate of drug-likeness (QED) is 0.688. The number of anilines is 1. The van der Waals surface area contributed by atoms with Gasteiger partial charge in [-0.25, -0.2) is 4.79 Å². The van der Waals surface area contributed by atoms with Gasteiger partial charge in [0.1, 0.15) is 0 Å². The first-order valence-corrected chi connectivity index (χ1v) is 4.69. The van der Waals surface area contributed by atoms with E-state index in [1.165, 1.54) is 7.11 Å². The van der Waals surface area contributed by atoms with Crippen molar-refractivity contribution in [2.45, 2.75) is 19.4 Å². The fourth-order valence-electron chi connectivity index (χ4n) is 1.87. The second-order valence-corrected chi connectivity index (χ2v) is 3.57. The van der Waals surface area contributed by atoms with Gasteiger partial charge in [-0.05, 0) is 31.0 Å². The summed E-state index contributed by atoms with van der Waals surface area (Å²) < 4.78 is 4.73. The molecule has 1 N–H and O–H groups in total. The molecule has 1 aromatic carbocycles. The van der Waals surface area contributed by atoms with Crippen LogP contribution < -0.4 is 5.32 Å². The molecule has 1 aromatic rings.